The maximum Gasteiger partial charge on any atom is 0.252 e. The van der Waals surface area contributed by atoms with Gasteiger partial charge in [-0.3, -0.25) is 9.59 Å². The lowest BCUT2D eigenvalue weighted by atomic mass is 10.1. The molecule has 1 saturated heterocycles. The molecule has 1 N–H and O–H groups in total. The van der Waals surface area contributed by atoms with Crippen LogP contribution in [0.1, 0.15) is 16.8 Å². The molecule has 2 aromatic rings. The quantitative estimate of drug-likeness (QED) is 0.757. The summed E-state index contributed by atoms with van der Waals surface area (Å²) in [5.41, 5.74) is 1.23. The monoisotopic (exact) mass is 440 g/mol. The van der Waals surface area contributed by atoms with Crippen LogP contribution in [0.15, 0.2) is 46.9 Å². The van der Waals surface area contributed by atoms with Gasteiger partial charge in [-0.1, -0.05) is 39.1 Å². The van der Waals surface area contributed by atoms with E-state index in [0.717, 1.165) is 10.2 Å². The molecule has 1 fully saturated rings. The summed E-state index contributed by atoms with van der Waals surface area (Å²) in [5, 5.41) is 3.89. The van der Waals surface area contributed by atoms with Gasteiger partial charge in [0, 0.05) is 40.6 Å². The Morgan fingerprint density at radius 2 is 1.92 bits per heavy atom. The van der Waals surface area contributed by atoms with Crippen LogP contribution in [0.25, 0.3) is 0 Å². The molecule has 2 aromatic carbocycles. The van der Waals surface area contributed by atoms with Crippen molar-refractivity contribution in [3.05, 3.63) is 62.5 Å². The zero-order valence-corrected chi connectivity index (χ0v) is 16.2. The number of halogens is 3. The van der Waals surface area contributed by atoms with Crippen LogP contribution in [0, 0.1) is 5.92 Å². The van der Waals surface area contributed by atoms with Gasteiger partial charge in [0.1, 0.15) is 0 Å². The third-order valence-corrected chi connectivity index (χ3v) is 5.14. The highest BCUT2D eigenvalue weighted by Crippen LogP contribution is 2.26. The molecule has 1 atom stereocenters. The predicted molar refractivity (Wildman–Crippen MR) is 103 cm³/mol. The average Bonchev–Trinajstić information content (AvgIpc) is 2.96. The molecular formula is C18H15BrCl2N2O2. The van der Waals surface area contributed by atoms with E-state index >= 15 is 0 Å². The highest BCUT2D eigenvalue weighted by Gasteiger charge is 2.30. The van der Waals surface area contributed by atoms with Gasteiger partial charge in [-0.2, -0.15) is 0 Å². The van der Waals surface area contributed by atoms with Crippen molar-refractivity contribution in [1.29, 1.82) is 0 Å². The third-order valence-electron chi connectivity index (χ3n) is 4.07. The Morgan fingerprint density at radius 1 is 1.20 bits per heavy atom. The molecule has 0 bridgehead atoms. The van der Waals surface area contributed by atoms with Crippen molar-refractivity contribution < 1.29 is 9.59 Å². The van der Waals surface area contributed by atoms with Crippen LogP contribution < -0.4 is 10.2 Å². The van der Waals surface area contributed by atoms with Gasteiger partial charge in [-0.05, 0) is 42.5 Å². The number of nitrogens with one attached hydrogen (secondary N) is 1. The topological polar surface area (TPSA) is 49.4 Å². The van der Waals surface area contributed by atoms with Crippen molar-refractivity contribution in [2.24, 2.45) is 5.92 Å². The molecule has 1 heterocycles. The first-order chi connectivity index (χ1) is 11.9. The molecule has 0 aromatic heterocycles. The van der Waals surface area contributed by atoms with E-state index in [1.807, 2.05) is 12.1 Å². The van der Waals surface area contributed by atoms with E-state index in [-0.39, 0.29) is 17.7 Å². The van der Waals surface area contributed by atoms with E-state index in [4.69, 9.17) is 23.2 Å². The summed E-state index contributed by atoms with van der Waals surface area (Å²) < 4.78 is 0.784. The first kappa shape index (κ1) is 18.2. The SMILES string of the molecule is O=C(NCC1CC(=O)N(c2ccc(Cl)cc2)C1)c1cc(Br)ccc1Cl. The molecule has 1 unspecified atom stereocenters. The second kappa shape index (κ2) is 7.77. The van der Waals surface area contributed by atoms with Crippen LogP contribution in [0.3, 0.4) is 0 Å². The van der Waals surface area contributed by atoms with Crippen LogP contribution in [-0.2, 0) is 4.79 Å². The number of benzene rings is 2. The van der Waals surface area contributed by atoms with E-state index < -0.39 is 0 Å². The van der Waals surface area contributed by atoms with Crippen molar-refractivity contribution in [3.63, 3.8) is 0 Å². The lowest BCUT2D eigenvalue weighted by Gasteiger charge is -2.17. The minimum atomic E-state index is -0.247. The Bertz CT molecular complexity index is 811. The summed E-state index contributed by atoms with van der Waals surface area (Å²) in [4.78, 5) is 26.3. The number of carbonyl (C=O) groups excluding carboxylic acids is 2. The van der Waals surface area contributed by atoms with Gasteiger partial charge in [-0.25, -0.2) is 0 Å². The van der Waals surface area contributed by atoms with E-state index in [9.17, 15) is 9.59 Å². The molecule has 0 aliphatic carbocycles. The fraction of sp³-hybridized carbons (Fsp3) is 0.222. The van der Waals surface area contributed by atoms with Gasteiger partial charge < -0.3 is 10.2 Å². The molecule has 7 heteroatoms. The van der Waals surface area contributed by atoms with E-state index in [1.54, 1.807) is 35.2 Å². The molecule has 25 heavy (non-hydrogen) atoms. The first-order valence-electron chi connectivity index (χ1n) is 7.73. The molecule has 0 radical (unpaired) electrons. The summed E-state index contributed by atoms with van der Waals surface area (Å²) >= 11 is 15.3. The first-order valence-corrected chi connectivity index (χ1v) is 9.28. The second-order valence-corrected chi connectivity index (χ2v) is 7.64. The zero-order chi connectivity index (χ0) is 18.0. The molecule has 0 saturated carbocycles. The highest BCUT2D eigenvalue weighted by molar-refractivity contribution is 9.10. The molecule has 1 aliphatic heterocycles. The van der Waals surface area contributed by atoms with Gasteiger partial charge in [0.05, 0.1) is 10.6 Å². The van der Waals surface area contributed by atoms with Crippen molar-refractivity contribution >= 4 is 56.6 Å². The zero-order valence-electron chi connectivity index (χ0n) is 13.1. The van der Waals surface area contributed by atoms with Crippen LogP contribution in [-0.4, -0.2) is 24.9 Å². The van der Waals surface area contributed by atoms with Crippen LogP contribution >= 0.6 is 39.1 Å². The lowest BCUT2D eigenvalue weighted by molar-refractivity contribution is -0.117. The molecule has 4 nitrogen and oxygen atoms in total. The number of hydrogen-bond donors (Lipinski definition) is 1. The van der Waals surface area contributed by atoms with E-state index in [2.05, 4.69) is 21.2 Å². The number of amides is 2. The van der Waals surface area contributed by atoms with Crippen LogP contribution in [0.5, 0.6) is 0 Å². The second-order valence-electron chi connectivity index (χ2n) is 5.89. The fourth-order valence-corrected chi connectivity index (χ4v) is 3.48. The largest absolute Gasteiger partial charge is 0.352 e. The highest BCUT2D eigenvalue weighted by atomic mass is 79.9. The Labute approximate surface area is 164 Å². The normalized spacial score (nSPS) is 17.0. The summed E-state index contributed by atoms with van der Waals surface area (Å²) in [6, 6.07) is 12.3. The molecule has 1 aliphatic rings. The van der Waals surface area contributed by atoms with Crippen LogP contribution in [0.4, 0.5) is 5.69 Å². The van der Waals surface area contributed by atoms with E-state index in [0.29, 0.717) is 35.1 Å². The van der Waals surface area contributed by atoms with Crippen LogP contribution in [0.2, 0.25) is 10.0 Å². The maximum absolute atomic E-state index is 12.3. The average molecular weight is 442 g/mol. The maximum atomic E-state index is 12.3. The van der Waals surface area contributed by atoms with Gasteiger partial charge >= 0.3 is 0 Å². The molecule has 0 spiro atoms. The number of anilines is 1. The van der Waals surface area contributed by atoms with Gasteiger partial charge in [0.2, 0.25) is 5.91 Å². The van der Waals surface area contributed by atoms with Crippen molar-refractivity contribution in [2.75, 3.05) is 18.0 Å². The summed E-state index contributed by atoms with van der Waals surface area (Å²) in [6.07, 6.45) is 0.398. The molecule has 3 rings (SSSR count). The minimum Gasteiger partial charge on any atom is -0.352 e. The Kier molecular flexibility index (Phi) is 5.67. The number of carbonyl (C=O) groups is 2. The number of nitrogens with zero attached hydrogens (tertiary/aromatic N) is 1. The Balaban J connectivity index is 1.61. The van der Waals surface area contributed by atoms with Gasteiger partial charge in [0.15, 0.2) is 0 Å². The third kappa shape index (κ3) is 4.35. The standard InChI is InChI=1S/C18H15BrCl2N2O2/c19-12-1-6-16(21)15(8-12)18(25)22-9-11-7-17(24)23(10-11)14-4-2-13(20)3-5-14/h1-6,8,11H,7,9-10H2,(H,22,25). The lowest BCUT2D eigenvalue weighted by Crippen LogP contribution is -2.31. The smallest absolute Gasteiger partial charge is 0.252 e. The molecule has 130 valence electrons. The van der Waals surface area contributed by atoms with E-state index in [1.165, 1.54) is 0 Å². The van der Waals surface area contributed by atoms with Gasteiger partial charge in [0.25, 0.3) is 5.91 Å². The Morgan fingerprint density at radius 3 is 2.64 bits per heavy atom. The summed E-state index contributed by atoms with van der Waals surface area (Å²) in [7, 11) is 0. The number of rotatable bonds is 4. The molecular weight excluding hydrogens is 427 g/mol. The van der Waals surface area contributed by atoms with Crippen molar-refractivity contribution in [3.8, 4) is 0 Å². The minimum absolute atomic E-state index is 0.0436. The fourth-order valence-electron chi connectivity index (χ4n) is 2.79. The molecule has 2 amide bonds. The van der Waals surface area contributed by atoms with Gasteiger partial charge in [-0.15, -0.1) is 0 Å². The summed E-state index contributed by atoms with van der Waals surface area (Å²) in [5.74, 6) is -0.149. The predicted octanol–water partition coefficient (Wildman–Crippen LogP) is 4.54. The number of hydrogen-bond acceptors (Lipinski definition) is 2. The Hall–Kier alpha value is -1.56. The van der Waals surface area contributed by atoms with Crippen molar-refractivity contribution in [2.45, 2.75) is 6.42 Å². The van der Waals surface area contributed by atoms with Crippen molar-refractivity contribution in [1.82, 2.24) is 5.32 Å². The summed E-state index contributed by atoms with van der Waals surface area (Å²) in [6.45, 7) is 0.977.